The Bertz CT molecular complexity index is 217. The molecule has 1 heterocycles. The molecule has 0 unspecified atom stereocenters. The van der Waals surface area contributed by atoms with Crippen LogP contribution in [0.3, 0.4) is 0 Å². The second-order valence-electron chi connectivity index (χ2n) is 5.25. The van der Waals surface area contributed by atoms with Gasteiger partial charge in [0.25, 0.3) is 0 Å². The molecular weight excluding hydrogens is 212 g/mol. The highest BCUT2D eigenvalue weighted by Crippen LogP contribution is 2.36. The molecule has 0 radical (unpaired) electrons. The Morgan fingerprint density at radius 1 is 1.06 bits per heavy atom. The Labute approximate surface area is 95.6 Å². The number of aliphatic hydroxyl groups is 1. The highest BCUT2D eigenvalue weighted by atomic mass is 19.3. The van der Waals surface area contributed by atoms with Crippen LogP contribution in [-0.2, 0) is 0 Å². The molecule has 2 aliphatic rings. The van der Waals surface area contributed by atoms with Crippen LogP contribution in [-0.4, -0.2) is 41.7 Å². The maximum atomic E-state index is 13.0. The van der Waals surface area contributed by atoms with Crippen LogP contribution < -0.4 is 0 Å². The van der Waals surface area contributed by atoms with Gasteiger partial charge in [-0.2, -0.15) is 0 Å². The van der Waals surface area contributed by atoms with Crippen molar-refractivity contribution in [3.63, 3.8) is 0 Å². The quantitative estimate of drug-likeness (QED) is 0.791. The number of halogens is 2. The molecule has 0 bridgehead atoms. The van der Waals surface area contributed by atoms with Crippen molar-refractivity contribution in [2.24, 2.45) is 5.92 Å². The molecule has 0 aromatic rings. The Hall–Kier alpha value is -0.220. The van der Waals surface area contributed by atoms with E-state index in [9.17, 15) is 8.78 Å². The molecule has 2 nitrogen and oxygen atoms in total. The molecule has 1 N–H and O–H groups in total. The molecule has 0 atom stereocenters. The van der Waals surface area contributed by atoms with Crippen molar-refractivity contribution in [3.8, 4) is 0 Å². The van der Waals surface area contributed by atoms with Crippen LogP contribution in [0, 0.1) is 5.92 Å². The van der Waals surface area contributed by atoms with Gasteiger partial charge in [0.1, 0.15) is 0 Å². The topological polar surface area (TPSA) is 23.5 Å². The van der Waals surface area contributed by atoms with Crippen molar-refractivity contribution in [2.75, 3.05) is 19.7 Å². The first-order chi connectivity index (χ1) is 7.61. The maximum absolute atomic E-state index is 13.0. The van der Waals surface area contributed by atoms with Gasteiger partial charge in [-0.05, 0) is 44.7 Å². The third-order valence-electron chi connectivity index (χ3n) is 4.11. The third kappa shape index (κ3) is 2.92. The summed E-state index contributed by atoms with van der Waals surface area (Å²) in [5.74, 6) is -1.99. The molecule has 1 aliphatic carbocycles. The molecule has 1 saturated carbocycles. The van der Waals surface area contributed by atoms with E-state index in [4.69, 9.17) is 5.11 Å². The number of piperidine rings is 1. The normalized spacial score (nSPS) is 29.4. The fourth-order valence-corrected chi connectivity index (χ4v) is 2.89. The summed E-state index contributed by atoms with van der Waals surface area (Å²) in [4.78, 5) is 2.35. The first-order valence-corrected chi connectivity index (χ1v) is 6.33. The van der Waals surface area contributed by atoms with E-state index in [1.165, 1.54) is 0 Å². The summed E-state index contributed by atoms with van der Waals surface area (Å²) >= 11 is 0. The lowest BCUT2D eigenvalue weighted by molar-refractivity contribution is -0.0573. The Balaban J connectivity index is 1.78. The van der Waals surface area contributed by atoms with E-state index in [0.717, 1.165) is 25.9 Å². The molecule has 0 aromatic carbocycles. The van der Waals surface area contributed by atoms with Crippen LogP contribution in [0.4, 0.5) is 8.78 Å². The average Bonchev–Trinajstić information content (AvgIpc) is 2.29. The summed E-state index contributed by atoms with van der Waals surface area (Å²) in [6.07, 6.45) is 3.41. The average molecular weight is 233 g/mol. The van der Waals surface area contributed by atoms with Gasteiger partial charge in [0.2, 0.25) is 5.92 Å². The minimum atomic E-state index is -2.42. The van der Waals surface area contributed by atoms with Gasteiger partial charge in [-0.3, -0.25) is 0 Å². The summed E-state index contributed by atoms with van der Waals surface area (Å²) in [6.45, 7) is 2.22. The van der Waals surface area contributed by atoms with Gasteiger partial charge in [0.15, 0.2) is 0 Å². The zero-order valence-corrected chi connectivity index (χ0v) is 9.67. The smallest absolute Gasteiger partial charge is 0.248 e. The number of aliphatic hydroxyl groups excluding tert-OH is 1. The van der Waals surface area contributed by atoms with E-state index in [2.05, 4.69) is 4.90 Å². The van der Waals surface area contributed by atoms with Crippen LogP contribution in [0.15, 0.2) is 0 Å². The lowest BCUT2D eigenvalue weighted by Crippen LogP contribution is -2.45. The summed E-state index contributed by atoms with van der Waals surface area (Å²) in [6, 6.07) is 0.360. The van der Waals surface area contributed by atoms with E-state index >= 15 is 0 Å². The molecule has 0 amide bonds. The van der Waals surface area contributed by atoms with Crippen LogP contribution in [0.2, 0.25) is 0 Å². The van der Waals surface area contributed by atoms with E-state index in [-0.39, 0.29) is 19.4 Å². The lowest BCUT2D eigenvalue weighted by atomic mass is 9.88. The van der Waals surface area contributed by atoms with Gasteiger partial charge in [0, 0.05) is 25.5 Å². The van der Waals surface area contributed by atoms with E-state index in [1.807, 2.05) is 0 Å². The molecule has 1 saturated heterocycles. The van der Waals surface area contributed by atoms with Gasteiger partial charge in [-0.1, -0.05) is 0 Å². The molecule has 0 spiro atoms. The summed E-state index contributed by atoms with van der Waals surface area (Å²) < 4.78 is 26.0. The van der Waals surface area contributed by atoms with Gasteiger partial charge in [-0.15, -0.1) is 0 Å². The fraction of sp³-hybridized carbons (Fsp3) is 1.00. The second-order valence-corrected chi connectivity index (χ2v) is 5.25. The van der Waals surface area contributed by atoms with Crippen LogP contribution in [0.5, 0.6) is 0 Å². The maximum Gasteiger partial charge on any atom is 0.248 e. The Kier molecular flexibility index (Phi) is 3.80. The lowest BCUT2D eigenvalue weighted by Gasteiger charge is -2.40. The predicted octanol–water partition coefficient (Wildman–Crippen LogP) is 2.27. The molecular formula is C12H21F2NO. The van der Waals surface area contributed by atoms with E-state index in [1.54, 1.807) is 0 Å². The van der Waals surface area contributed by atoms with Gasteiger partial charge >= 0.3 is 0 Å². The number of likely N-dealkylation sites (tertiary alicyclic amines) is 1. The number of nitrogens with zero attached hydrogens (tertiary/aromatic N) is 1. The fourth-order valence-electron chi connectivity index (χ4n) is 2.89. The van der Waals surface area contributed by atoms with Crippen molar-refractivity contribution >= 4 is 0 Å². The molecule has 0 aromatic heterocycles. The zero-order chi connectivity index (χ0) is 11.6. The first kappa shape index (κ1) is 12.2. The number of hydrogen-bond donors (Lipinski definition) is 1. The molecule has 4 heteroatoms. The van der Waals surface area contributed by atoms with Crippen molar-refractivity contribution in [3.05, 3.63) is 0 Å². The second kappa shape index (κ2) is 4.96. The van der Waals surface area contributed by atoms with Crippen LogP contribution in [0.1, 0.15) is 38.5 Å². The van der Waals surface area contributed by atoms with Gasteiger partial charge in [0.05, 0.1) is 0 Å². The zero-order valence-electron chi connectivity index (χ0n) is 9.67. The van der Waals surface area contributed by atoms with Crippen molar-refractivity contribution in [1.29, 1.82) is 0 Å². The summed E-state index contributed by atoms with van der Waals surface area (Å²) in [5, 5.41) is 9.04. The number of hydrogen-bond acceptors (Lipinski definition) is 2. The van der Waals surface area contributed by atoms with Gasteiger partial charge < -0.3 is 10.0 Å². The minimum absolute atomic E-state index is 0.0532. The third-order valence-corrected chi connectivity index (χ3v) is 4.11. The standard InChI is InChI=1S/C12H21F2NO/c13-12(14)5-1-11(2-6-12)15-7-3-10(9-16)4-8-15/h10-11,16H,1-9H2. The first-order valence-electron chi connectivity index (χ1n) is 6.33. The largest absolute Gasteiger partial charge is 0.396 e. The highest BCUT2D eigenvalue weighted by molar-refractivity contribution is 4.85. The minimum Gasteiger partial charge on any atom is -0.396 e. The molecule has 2 rings (SSSR count). The number of rotatable bonds is 2. The molecule has 94 valence electrons. The molecule has 2 fully saturated rings. The molecule has 1 aliphatic heterocycles. The number of alkyl halides is 2. The van der Waals surface area contributed by atoms with Crippen molar-refractivity contribution in [2.45, 2.75) is 50.5 Å². The predicted molar refractivity (Wildman–Crippen MR) is 58.6 cm³/mol. The summed E-state index contributed by atoms with van der Waals surface area (Å²) in [5.41, 5.74) is 0. The Morgan fingerprint density at radius 2 is 1.62 bits per heavy atom. The van der Waals surface area contributed by atoms with Crippen molar-refractivity contribution < 1.29 is 13.9 Å². The summed E-state index contributed by atoms with van der Waals surface area (Å²) in [7, 11) is 0. The van der Waals surface area contributed by atoms with Crippen LogP contribution >= 0.6 is 0 Å². The SMILES string of the molecule is OCC1CCN(C2CCC(F)(F)CC2)CC1. The van der Waals surface area contributed by atoms with Crippen molar-refractivity contribution in [1.82, 2.24) is 4.90 Å². The monoisotopic (exact) mass is 233 g/mol. The molecule has 16 heavy (non-hydrogen) atoms. The van der Waals surface area contributed by atoms with Gasteiger partial charge in [-0.25, -0.2) is 8.78 Å². The highest BCUT2D eigenvalue weighted by Gasteiger charge is 2.37. The van der Waals surface area contributed by atoms with Crippen LogP contribution in [0.25, 0.3) is 0 Å². The van der Waals surface area contributed by atoms with E-state index in [0.29, 0.717) is 24.8 Å². The Morgan fingerprint density at radius 3 is 2.12 bits per heavy atom. The van der Waals surface area contributed by atoms with E-state index < -0.39 is 5.92 Å².